The Kier molecular flexibility index (Phi) is 0.730. The van der Waals surface area contributed by atoms with Crippen molar-refractivity contribution in [3.8, 4) is 0 Å². The van der Waals surface area contributed by atoms with Gasteiger partial charge in [0, 0.05) is 6.54 Å². The minimum absolute atomic E-state index is 0.0156. The van der Waals surface area contributed by atoms with Crippen LogP contribution >= 0.6 is 0 Å². The van der Waals surface area contributed by atoms with Crippen LogP contribution in [0, 0.1) is 0 Å². The highest BCUT2D eigenvalue weighted by Gasteiger charge is 2.52. The molecule has 0 aromatic heterocycles. The highest BCUT2D eigenvalue weighted by Crippen LogP contribution is 2.30. The Labute approximate surface area is 48.4 Å². The van der Waals surface area contributed by atoms with Crippen LogP contribution in [-0.4, -0.2) is 18.3 Å². The zero-order valence-corrected chi connectivity index (χ0v) is 4.90. The third-order valence-corrected chi connectivity index (χ3v) is 1.86. The molecular weight excluding hydrogens is 104 g/mol. The lowest BCUT2D eigenvalue weighted by Crippen LogP contribution is -2.33. The van der Waals surface area contributed by atoms with Gasteiger partial charge in [-0.1, -0.05) is 0 Å². The molecule has 2 atom stereocenters. The zero-order valence-electron chi connectivity index (χ0n) is 4.90. The molecule has 2 aliphatic rings. The summed E-state index contributed by atoms with van der Waals surface area (Å²) in [6, 6.07) is 0.615. The first-order valence-corrected chi connectivity index (χ1v) is 3.00. The zero-order chi connectivity index (χ0) is 5.61. The molecule has 2 unspecified atom stereocenters. The number of fused-ring (bicyclic) bond motifs is 1. The molecule has 0 saturated carbocycles. The Morgan fingerprint density at radius 1 is 1.75 bits per heavy atom. The Morgan fingerprint density at radius 2 is 2.62 bits per heavy atom. The average molecular weight is 114 g/mol. The van der Waals surface area contributed by atoms with Gasteiger partial charge < -0.3 is 0 Å². The second kappa shape index (κ2) is 1.23. The molecule has 0 aromatic rings. The summed E-state index contributed by atoms with van der Waals surface area (Å²) in [6.45, 7) is 3.04. The van der Waals surface area contributed by atoms with E-state index in [1.165, 1.54) is 6.42 Å². The lowest BCUT2D eigenvalue weighted by Gasteiger charge is -2.15. The molecule has 2 heterocycles. The Bertz CT molecular complexity index is 115. The van der Waals surface area contributed by atoms with Crippen LogP contribution in [0.4, 0.5) is 0 Å². The van der Waals surface area contributed by atoms with Crippen LogP contribution in [0.15, 0.2) is 0 Å². The number of hydrogen-bond acceptors (Lipinski definition) is 3. The summed E-state index contributed by atoms with van der Waals surface area (Å²) in [4.78, 5) is 5.18. The largest absolute Gasteiger partial charge is 0.280 e. The first-order chi connectivity index (χ1) is 3.81. The van der Waals surface area contributed by atoms with Gasteiger partial charge in [-0.25, -0.2) is 5.48 Å². The number of rotatable bonds is 0. The van der Waals surface area contributed by atoms with Crippen LogP contribution in [0.25, 0.3) is 0 Å². The first-order valence-electron chi connectivity index (χ1n) is 3.00. The monoisotopic (exact) mass is 114 g/mol. The summed E-state index contributed by atoms with van der Waals surface area (Å²) in [7, 11) is 0. The van der Waals surface area contributed by atoms with Crippen LogP contribution in [0.3, 0.4) is 0 Å². The van der Waals surface area contributed by atoms with E-state index in [9.17, 15) is 0 Å². The Morgan fingerprint density at radius 3 is 3.12 bits per heavy atom. The highest BCUT2D eigenvalue weighted by atomic mass is 16.7. The normalized spacial score (nSPS) is 52.9. The average Bonchev–Trinajstić information content (AvgIpc) is 2.39. The van der Waals surface area contributed by atoms with Gasteiger partial charge in [-0.2, -0.15) is 0 Å². The van der Waals surface area contributed by atoms with Gasteiger partial charge in [0.25, 0.3) is 0 Å². The van der Waals surface area contributed by atoms with Crippen LogP contribution in [0.2, 0.25) is 0 Å². The predicted molar refractivity (Wildman–Crippen MR) is 29.0 cm³/mol. The number of hydroxylamine groups is 1. The van der Waals surface area contributed by atoms with Crippen LogP contribution in [0.1, 0.15) is 13.3 Å². The fourth-order valence-corrected chi connectivity index (χ4v) is 1.16. The summed E-state index contributed by atoms with van der Waals surface area (Å²) in [5, 5.41) is 3.22. The Hall–Kier alpha value is -0.120. The van der Waals surface area contributed by atoms with Crippen molar-refractivity contribution in [2.45, 2.75) is 25.1 Å². The molecule has 2 rings (SSSR count). The Balaban J connectivity index is 2.04. The summed E-state index contributed by atoms with van der Waals surface area (Å²) in [5.41, 5.74) is 2.84. The molecule has 2 saturated heterocycles. The van der Waals surface area contributed by atoms with Gasteiger partial charge in [0.2, 0.25) is 0 Å². The molecular formula is C5H10N2O. The molecule has 2 fully saturated rings. The molecule has 3 heteroatoms. The molecule has 2 aliphatic heterocycles. The summed E-state index contributed by atoms with van der Waals surface area (Å²) < 4.78 is 0. The lowest BCUT2D eigenvalue weighted by atomic mass is 10.2. The van der Waals surface area contributed by atoms with Crippen LogP contribution < -0.4 is 10.8 Å². The van der Waals surface area contributed by atoms with E-state index in [1.807, 2.05) is 0 Å². The van der Waals surface area contributed by atoms with Gasteiger partial charge >= 0.3 is 0 Å². The molecule has 0 bridgehead atoms. The SMILES string of the molecule is CC12NC1CCNO2. The van der Waals surface area contributed by atoms with Crippen molar-refractivity contribution < 1.29 is 4.84 Å². The topological polar surface area (TPSA) is 43.2 Å². The molecule has 0 aliphatic carbocycles. The van der Waals surface area contributed by atoms with E-state index in [-0.39, 0.29) is 5.72 Å². The maximum Gasteiger partial charge on any atom is 0.153 e. The maximum absolute atomic E-state index is 5.18. The molecule has 0 spiro atoms. The van der Waals surface area contributed by atoms with Gasteiger partial charge in [-0.3, -0.25) is 10.2 Å². The molecule has 8 heavy (non-hydrogen) atoms. The van der Waals surface area contributed by atoms with E-state index in [1.54, 1.807) is 0 Å². The second-order valence-electron chi connectivity index (χ2n) is 2.59. The van der Waals surface area contributed by atoms with E-state index in [0.717, 1.165) is 6.54 Å². The molecule has 0 amide bonds. The third-order valence-electron chi connectivity index (χ3n) is 1.86. The maximum atomic E-state index is 5.18. The smallest absolute Gasteiger partial charge is 0.153 e. The van der Waals surface area contributed by atoms with Crippen molar-refractivity contribution in [1.29, 1.82) is 0 Å². The van der Waals surface area contributed by atoms with Gasteiger partial charge in [-0.05, 0) is 13.3 Å². The molecule has 46 valence electrons. The molecule has 3 nitrogen and oxygen atoms in total. The van der Waals surface area contributed by atoms with E-state index >= 15 is 0 Å². The highest BCUT2D eigenvalue weighted by molar-refractivity contribution is 5.05. The van der Waals surface area contributed by atoms with E-state index in [0.29, 0.717) is 6.04 Å². The van der Waals surface area contributed by atoms with E-state index in [4.69, 9.17) is 4.84 Å². The fourth-order valence-electron chi connectivity index (χ4n) is 1.16. The summed E-state index contributed by atoms with van der Waals surface area (Å²) in [5.74, 6) is 0. The summed E-state index contributed by atoms with van der Waals surface area (Å²) >= 11 is 0. The second-order valence-corrected chi connectivity index (χ2v) is 2.59. The first kappa shape index (κ1) is 4.73. The minimum atomic E-state index is -0.0156. The van der Waals surface area contributed by atoms with Crippen LogP contribution in [0.5, 0.6) is 0 Å². The fraction of sp³-hybridized carbons (Fsp3) is 1.00. The lowest BCUT2D eigenvalue weighted by molar-refractivity contribution is -0.0572. The van der Waals surface area contributed by atoms with Crippen LogP contribution in [-0.2, 0) is 4.84 Å². The third kappa shape index (κ3) is 0.491. The van der Waals surface area contributed by atoms with Gasteiger partial charge in [0.15, 0.2) is 5.72 Å². The minimum Gasteiger partial charge on any atom is -0.280 e. The predicted octanol–water partition coefficient (Wildman–Crippen LogP) is -0.401. The number of hydrogen-bond donors (Lipinski definition) is 2. The van der Waals surface area contributed by atoms with E-state index < -0.39 is 0 Å². The van der Waals surface area contributed by atoms with Crippen molar-refractivity contribution in [3.63, 3.8) is 0 Å². The molecule has 2 N–H and O–H groups in total. The van der Waals surface area contributed by atoms with Crippen molar-refractivity contribution in [2.75, 3.05) is 6.54 Å². The molecule has 0 radical (unpaired) electrons. The van der Waals surface area contributed by atoms with Crippen molar-refractivity contribution in [1.82, 2.24) is 10.8 Å². The summed E-state index contributed by atoms with van der Waals surface area (Å²) in [6.07, 6.45) is 1.19. The van der Waals surface area contributed by atoms with E-state index in [2.05, 4.69) is 17.7 Å². The number of nitrogens with one attached hydrogen (secondary N) is 2. The van der Waals surface area contributed by atoms with Gasteiger partial charge in [0.05, 0.1) is 6.04 Å². The standard InChI is InChI=1S/C5H10N2O/c1-5-4(7-5)2-3-6-8-5/h4,6-7H,2-3H2,1H3. The quantitative estimate of drug-likeness (QED) is 0.421. The molecule has 0 aromatic carbocycles. The van der Waals surface area contributed by atoms with Crippen molar-refractivity contribution >= 4 is 0 Å². The van der Waals surface area contributed by atoms with Gasteiger partial charge in [0.1, 0.15) is 0 Å². The van der Waals surface area contributed by atoms with Crippen molar-refractivity contribution in [3.05, 3.63) is 0 Å². The van der Waals surface area contributed by atoms with Crippen molar-refractivity contribution in [2.24, 2.45) is 0 Å². The van der Waals surface area contributed by atoms with Gasteiger partial charge in [-0.15, -0.1) is 0 Å².